The van der Waals surface area contributed by atoms with Crippen molar-refractivity contribution in [1.82, 2.24) is 15.5 Å². The lowest BCUT2D eigenvalue weighted by atomic mass is 10.0. The Labute approximate surface area is 165 Å². The number of amides is 4. The summed E-state index contributed by atoms with van der Waals surface area (Å²) < 4.78 is 0. The molecule has 2 N–H and O–H groups in total. The smallest absolute Gasteiger partial charge is 0.314 e. The fourth-order valence-electron chi connectivity index (χ4n) is 3.77. The summed E-state index contributed by atoms with van der Waals surface area (Å²) in [5.41, 5.74) is 3.19. The second kappa shape index (κ2) is 8.62. The van der Waals surface area contributed by atoms with Crippen LogP contribution in [0.2, 0.25) is 0 Å². The van der Waals surface area contributed by atoms with Gasteiger partial charge in [0.25, 0.3) is 5.91 Å². The molecule has 8 heteroatoms. The number of aryl methyl sites for hydroxylation is 3. The van der Waals surface area contributed by atoms with Gasteiger partial charge >= 0.3 is 6.03 Å². The Morgan fingerprint density at radius 2 is 1.75 bits per heavy atom. The summed E-state index contributed by atoms with van der Waals surface area (Å²) in [5, 5.41) is 5.58. The zero-order chi connectivity index (χ0) is 20.3. The Kier molecular flexibility index (Phi) is 6.21. The normalized spacial score (nSPS) is 21.5. The number of piperazine rings is 1. The van der Waals surface area contributed by atoms with Crippen molar-refractivity contribution in [1.29, 1.82) is 0 Å². The molecule has 8 nitrogen and oxygen atoms in total. The molecule has 0 spiro atoms. The number of hydrogen-bond donors (Lipinski definition) is 2. The zero-order valence-electron chi connectivity index (χ0n) is 16.6. The van der Waals surface area contributed by atoms with Crippen molar-refractivity contribution in [3.05, 3.63) is 28.8 Å². The third-order valence-electron chi connectivity index (χ3n) is 5.07. The first-order chi connectivity index (χ1) is 13.4. The van der Waals surface area contributed by atoms with Crippen molar-refractivity contribution in [2.75, 3.05) is 44.2 Å². The predicted octanol–water partition coefficient (Wildman–Crippen LogP) is 0.787. The number of carbonyl (C=O) groups is 3. The molecular weight excluding hydrogens is 358 g/mol. The van der Waals surface area contributed by atoms with Crippen LogP contribution in [0.15, 0.2) is 17.1 Å². The van der Waals surface area contributed by atoms with E-state index >= 15 is 0 Å². The number of imide groups is 2. The molecule has 4 amide bonds. The number of carbonyl (C=O) groups excluding carboxylic acids is 3. The van der Waals surface area contributed by atoms with Gasteiger partial charge in [0.05, 0.1) is 12.2 Å². The van der Waals surface area contributed by atoms with E-state index in [1.165, 1.54) is 6.21 Å². The van der Waals surface area contributed by atoms with Crippen molar-refractivity contribution < 1.29 is 14.4 Å². The third-order valence-corrected chi connectivity index (χ3v) is 5.07. The van der Waals surface area contributed by atoms with Crippen LogP contribution >= 0.6 is 0 Å². The number of hydrogen-bond acceptors (Lipinski definition) is 6. The predicted molar refractivity (Wildman–Crippen MR) is 108 cm³/mol. The van der Waals surface area contributed by atoms with Gasteiger partial charge in [-0.05, 0) is 31.9 Å². The molecule has 0 unspecified atom stereocenters. The standard InChI is InChI=1S/C20H27N5O3/c1-13-10-14(2)17(15(3)11-13)25-19(27)16(18(26)23-20(25)28)12-22-6-9-24-7-4-21-5-8-24/h10-12,16,21H,4-9H2,1-3H3,(H,23,26,28)/t16-/m1/s1. The Morgan fingerprint density at radius 1 is 1.11 bits per heavy atom. The van der Waals surface area contributed by atoms with E-state index in [9.17, 15) is 14.4 Å². The van der Waals surface area contributed by atoms with E-state index in [4.69, 9.17) is 0 Å². The zero-order valence-corrected chi connectivity index (χ0v) is 16.6. The van der Waals surface area contributed by atoms with E-state index in [1.54, 1.807) is 0 Å². The summed E-state index contributed by atoms with van der Waals surface area (Å²) in [6.45, 7) is 10.8. The van der Waals surface area contributed by atoms with E-state index < -0.39 is 23.8 Å². The minimum absolute atomic E-state index is 0.508. The molecule has 0 aliphatic carbocycles. The number of barbiturate groups is 1. The number of nitrogens with one attached hydrogen (secondary N) is 2. The number of nitrogens with zero attached hydrogens (tertiary/aromatic N) is 3. The maximum Gasteiger partial charge on any atom is 0.335 e. The Bertz CT molecular complexity index is 791. The summed E-state index contributed by atoms with van der Waals surface area (Å²) in [5.74, 6) is -2.28. The first-order valence-electron chi connectivity index (χ1n) is 9.58. The number of benzene rings is 1. The summed E-state index contributed by atoms with van der Waals surface area (Å²) in [7, 11) is 0. The third kappa shape index (κ3) is 4.28. The molecule has 2 heterocycles. The Hall–Kier alpha value is -2.58. The molecule has 2 fully saturated rings. The molecule has 2 aliphatic rings. The van der Waals surface area contributed by atoms with Gasteiger partial charge in [0, 0.05) is 38.9 Å². The van der Waals surface area contributed by atoms with Crippen molar-refractivity contribution in [2.24, 2.45) is 10.9 Å². The SMILES string of the molecule is Cc1cc(C)c(N2C(=O)NC(=O)[C@@H](C=NCCN3CCNCC3)C2=O)c(C)c1. The second-order valence-corrected chi connectivity index (χ2v) is 7.34. The molecule has 0 aromatic heterocycles. The van der Waals surface area contributed by atoms with Gasteiger partial charge < -0.3 is 5.32 Å². The molecule has 0 bridgehead atoms. The van der Waals surface area contributed by atoms with Crippen LogP contribution < -0.4 is 15.5 Å². The van der Waals surface area contributed by atoms with Crippen molar-refractivity contribution >= 4 is 29.7 Å². The van der Waals surface area contributed by atoms with Crippen LogP contribution in [0, 0.1) is 26.7 Å². The Morgan fingerprint density at radius 3 is 2.39 bits per heavy atom. The van der Waals surface area contributed by atoms with Gasteiger partial charge in [0.2, 0.25) is 5.91 Å². The van der Waals surface area contributed by atoms with E-state index in [0.29, 0.717) is 12.2 Å². The van der Waals surface area contributed by atoms with E-state index in [1.807, 2.05) is 32.9 Å². The fraction of sp³-hybridized carbons (Fsp3) is 0.500. The molecule has 2 aliphatic heterocycles. The first-order valence-corrected chi connectivity index (χ1v) is 9.58. The lowest BCUT2D eigenvalue weighted by Gasteiger charge is -2.31. The molecular formula is C20H27N5O3. The molecule has 0 radical (unpaired) electrons. The molecule has 3 rings (SSSR count). The topological polar surface area (TPSA) is 94.1 Å². The lowest BCUT2D eigenvalue weighted by molar-refractivity contribution is -0.131. The average molecular weight is 385 g/mol. The second-order valence-electron chi connectivity index (χ2n) is 7.34. The molecule has 1 aromatic carbocycles. The lowest BCUT2D eigenvalue weighted by Crippen LogP contribution is -2.59. The quantitative estimate of drug-likeness (QED) is 0.577. The van der Waals surface area contributed by atoms with Gasteiger partial charge in [-0.15, -0.1) is 0 Å². The molecule has 1 aromatic rings. The van der Waals surface area contributed by atoms with E-state index in [2.05, 4.69) is 20.5 Å². The number of rotatable bonds is 5. The monoisotopic (exact) mass is 385 g/mol. The molecule has 1 atom stereocenters. The summed E-state index contributed by atoms with van der Waals surface area (Å²) in [6.07, 6.45) is 1.37. The highest BCUT2D eigenvalue weighted by Gasteiger charge is 2.41. The number of anilines is 1. The molecule has 28 heavy (non-hydrogen) atoms. The average Bonchev–Trinajstić information content (AvgIpc) is 2.63. The van der Waals surface area contributed by atoms with Crippen LogP contribution in [0.25, 0.3) is 0 Å². The van der Waals surface area contributed by atoms with Crippen LogP contribution in [0.4, 0.5) is 10.5 Å². The largest absolute Gasteiger partial charge is 0.335 e. The van der Waals surface area contributed by atoms with Crippen LogP contribution in [0.5, 0.6) is 0 Å². The van der Waals surface area contributed by atoms with Gasteiger partial charge in [-0.2, -0.15) is 0 Å². The summed E-state index contributed by atoms with van der Waals surface area (Å²) >= 11 is 0. The highest BCUT2D eigenvalue weighted by Crippen LogP contribution is 2.29. The van der Waals surface area contributed by atoms with Crippen LogP contribution in [-0.2, 0) is 9.59 Å². The summed E-state index contributed by atoms with van der Waals surface area (Å²) in [4.78, 5) is 45.2. The maximum atomic E-state index is 13.0. The van der Waals surface area contributed by atoms with Crippen molar-refractivity contribution in [2.45, 2.75) is 20.8 Å². The van der Waals surface area contributed by atoms with Gasteiger partial charge in [0.1, 0.15) is 0 Å². The number of aliphatic imine (C=N–C) groups is 1. The molecule has 2 saturated heterocycles. The maximum absolute atomic E-state index is 13.0. The summed E-state index contributed by atoms with van der Waals surface area (Å²) in [6, 6.07) is 3.11. The van der Waals surface area contributed by atoms with Crippen molar-refractivity contribution in [3.63, 3.8) is 0 Å². The van der Waals surface area contributed by atoms with Gasteiger partial charge in [-0.3, -0.25) is 24.8 Å². The fourth-order valence-corrected chi connectivity index (χ4v) is 3.77. The highest BCUT2D eigenvalue weighted by molar-refractivity contribution is 6.32. The van der Waals surface area contributed by atoms with Crippen molar-refractivity contribution in [3.8, 4) is 0 Å². The van der Waals surface area contributed by atoms with E-state index in [-0.39, 0.29) is 0 Å². The minimum atomic E-state index is -1.10. The minimum Gasteiger partial charge on any atom is -0.314 e. The molecule has 0 saturated carbocycles. The van der Waals surface area contributed by atoms with Gasteiger partial charge in [-0.1, -0.05) is 17.7 Å². The van der Waals surface area contributed by atoms with Gasteiger partial charge in [-0.25, -0.2) is 9.69 Å². The van der Waals surface area contributed by atoms with E-state index in [0.717, 1.165) is 54.3 Å². The van der Waals surface area contributed by atoms with Crippen LogP contribution in [0.1, 0.15) is 16.7 Å². The number of urea groups is 1. The molecule has 150 valence electrons. The highest BCUT2D eigenvalue weighted by atomic mass is 16.2. The van der Waals surface area contributed by atoms with Crippen LogP contribution in [-0.4, -0.2) is 68.2 Å². The Balaban J connectivity index is 1.74. The van der Waals surface area contributed by atoms with Crippen LogP contribution in [0.3, 0.4) is 0 Å². The first kappa shape index (κ1) is 20.2. The van der Waals surface area contributed by atoms with Gasteiger partial charge in [0.15, 0.2) is 5.92 Å².